The van der Waals surface area contributed by atoms with E-state index in [1.54, 1.807) is 25.3 Å². The summed E-state index contributed by atoms with van der Waals surface area (Å²) in [6.07, 6.45) is 0. The van der Waals surface area contributed by atoms with Crippen molar-refractivity contribution in [1.82, 2.24) is 4.98 Å². The molecule has 3 rings (SSSR count). The van der Waals surface area contributed by atoms with Crippen LogP contribution in [0, 0.1) is 13.8 Å². The summed E-state index contributed by atoms with van der Waals surface area (Å²) >= 11 is 12.0. The third-order valence-corrected chi connectivity index (χ3v) is 4.29. The highest BCUT2D eigenvalue weighted by molar-refractivity contribution is 6.42. The Balaban J connectivity index is 2.16. The molecule has 0 aliphatic carbocycles. The molecule has 3 aromatic rings. The van der Waals surface area contributed by atoms with E-state index >= 15 is 0 Å². The molecule has 0 saturated heterocycles. The molecule has 118 valence electrons. The van der Waals surface area contributed by atoms with Crippen molar-refractivity contribution in [3.05, 3.63) is 57.7 Å². The monoisotopic (exact) mass is 347 g/mol. The zero-order valence-corrected chi connectivity index (χ0v) is 14.5. The van der Waals surface area contributed by atoms with E-state index in [0.29, 0.717) is 21.5 Å². The van der Waals surface area contributed by atoms with Gasteiger partial charge in [-0.1, -0.05) is 23.2 Å². The van der Waals surface area contributed by atoms with Gasteiger partial charge in [-0.25, -0.2) is 4.98 Å². The fourth-order valence-electron chi connectivity index (χ4n) is 2.56. The molecule has 23 heavy (non-hydrogen) atoms. The maximum absolute atomic E-state index is 6.05. The smallest absolute Gasteiger partial charge is 0.153 e. The molecule has 0 unspecified atom stereocenters. The number of fused-ring (bicyclic) bond motifs is 1. The predicted molar refractivity (Wildman–Crippen MR) is 94.3 cm³/mol. The fourth-order valence-corrected chi connectivity index (χ4v) is 2.85. The van der Waals surface area contributed by atoms with Gasteiger partial charge in [0.15, 0.2) is 5.75 Å². The molecule has 1 heterocycles. The molecule has 0 atom stereocenters. The molecular weight excluding hydrogens is 333 g/mol. The molecule has 2 aromatic carbocycles. The first kappa shape index (κ1) is 15.9. The van der Waals surface area contributed by atoms with Crippen LogP contribution in [-0.4, -0.2) is 12.1 Å². The topological polar surface area (TPSA) is 31.4 Å². The summed E-state index contributed by atoms with van der Waals surface area (Å²) in [5, 5.41) is 1.88. The van der Waals surface area contributed by atoms with Gasteiger partial charge in [0.05, 0.1) is 17.2 Å². The van der Waals surface area contributed by atoms with Crippen molar-refractivity contribution in [2.75, 3.05) is 7.11 Å². The molecule has 0 aliphatic rings. The Bertz CT molecular complexity index is 894. The normalized spacial score (nSPS) is 10.8. The van der Waals surface area contributed by atoms with Crippen LogP contribution in [0.4, 0.5) is 0 Å². The average molecular weight is 348 g/mol. The minimum atomic E-state index is 0.447. The lowest BCUT2D eigenvalue weighted by Gasteiger charge is -2.14. The molecule has 5 heteroatoms. The molecule has 0 saturated carbocycles. The number of hydrogen-bond acceptors (Lipinski definition) is 3. The van der Waals surface area contributed by atoms with Crippen molar-refractivity contribution in [3.8, 4) is 17.2 Å². The second-order valence-corrected chi connectivity index (χ2v) is 6.06. The summed E-state index contributed by atoms with van der Waals surface area (Å²) in [4.78, 5) is 4.62. The van der Waals surface area contributed by atoms with Gasteiger partial charge in [0, 0.05) is 17.1 Å². The summed E-state index contributed by atoms with van der Waals surface area (Å²) < 4.78 is 11.4. The lowest BCUT2D eigenvalue weighted by atomic mass is 10.1. The number of aryl methyl sites for hydroxylation is 2. The average Bonchev–Trinajstić information content (AvgIpc) is 2.51. The molecule has 0 amide bonds. The lowest BCUT2D eigenvalue weighted by molar-refractivity contribution is 0.418. The third-order valence-electron chi connectivity index (χ3n) is 3.55. The van der Waals surface area contributed by atoms with E-state index in [-0.39, 0.29) is 0 Å². The van der Waals surface area contributed by atoms with Crippen LogP contribution in [0.3, 0.4) is 0 Å². The van der Waals surface area contributed by atoms with Crippen molar-refractivity contribution in [2.24, 2.45) is 0 Å². The molecule has 0 aliphatic heterocycles. The SMILES string of the molecule is COc1ccc(Oc2ccc(Cl)c(Cl)c2)c2nc(C)cc(C)c12. The standard InChI is InChI=1S/C18H15Cl2NO2/c1-10-8-11(2)21-18-16(7-6-15(22-3)17(10)18)23-12-4-5-13(19)14(20)9-12/h4-9H,1-3H3. The summed E-state index contributed by atoms with van der Waals surface area (Å²) in [6.45, 7) is 3.98. The van der Waals surface area contributed by atoms with Crippen molar-refractivity contribution >= 4 is 34.1 Å². The molecular formula is C18H15Cl2NO2. The first-order valence-corrected chi connectivity index (χ1v) is 7.83. The summed E-state index contributed by atoms with van der Waals surface area (Å²) in [5.41, 5.74) is 2.76. The molecule has 1 aromatic heterocycles. The molecule has 0 bridgehead atoms. The number of ether oxygens (including phenoxy) is 2. The van der Waals surface area contributed by atoms with Crippen LogP contribution in [0.1, 0.15) is 11.3 Å². The van der Waals surface area contributed by atoms with E-state index in [4.69, 9.17) is 32.7 Å². The number of aromatic nitrogens is 1. The summed E-state index contributed by atoms with van der Waals surface area (Å²) in [6, 6.07) is 10.9. The van der Waals surface area contributed by atoms with E-state index in [2.05, 4.69) is 4.98 Å². The van der Waals surface area contributed by atoms with Gasteiger partial charge in [-0.05, 0) is 49.7 Å². The second kappa shape index (κ2) is 6.26. The molecule has 0 N–H and O–H groups in total. The summed E-state index contributed by atoms with van der Waals surface area (Å²) in [5.74, 6) is 2.02. The van der Waals surface area contributed by atoms with Gasteiger partial charge < -0.3 is 9.47 Å². The highest BCUT2D eigenvalue weighted by Gasteiger charge is 2.13. The molecule has 0 spiro atoms. The summed E-state index contributed by atoms with van der Waals surface area (Å²) in [7, 11) is 1.65. The number of rotatable bonds is 3. The van der Waals surface area contributed by atoms with E-state index in [1.165, 1.54) is 0 Å². The zero-order chi connectivity index (χ0) is 16.6. The second-order valence-electron chi connectivity index (χ2n) is 5.25. The Morgan fingerprint density at radius 1 is 0.913 bits per heavy atom. The van der Waals surface area contributed by atoms with E-state index in [1.807, 2.05) is 32.0 Å². The quantitative estimate of drug-likeness (QED) is 0.585. The van der Waals surface area contributed by atoms with Gasteiger partial charge in [0.1, 0.15) is 17.0 Å². The van der Waals surface area contributed by atoms with Crippen LogP contribution in [0.25, 0.3) is 10.9 Å². The van der Waals surface area contributed by atoms with Crippen molar-refractivity contribution in [2.45, 2.75) is 13.8 Å². The van der Waals surface area contributed by atoms with Crippen LogP contribution in [0.5, 0.6) is 17.2 Å². The van der Waals surface area contributed by atoms with Crippen LogP contribution in [-0.2, 0) is 0 Å². The van der Waals surface area contributed by atoms with E-state index in [9.17, 15) is 0 Å². The minimum absolute atomic E-state index is 0.447. The number of pyridine rings is 1. The predicted octanol–water partition coefficient (Wildman–Crippen LogP) is 5.96. The van der Waals surface area contributed by atoms with Crippen LogP contribution >= 0.6 is 23.2 Å². The largest absolute Gasteiger partial charge is 0.496 e. The van der Waals surface area contributed by atoms with Gasteiger partial charge in [0.2, 0.25) is 0 Å². The first-order chi connectivity index (χ1) is 11.0. The van der Waals surface area contributed by atoms with Gasteiger partial charge in [0.25, 0.3) is 0 Å². The first-order valence-electron chi connectivity index (χ1n) is 7.07. The van der Waals surface area contributed by atoms with E-state index < -0.39 is 0 Å². The lowest BCUT2D eigenvalue weighted by Crippen LogP contribution is -1.95. The van der Waals surface area contributed by atoms with Crippen LogP contribution in [0.15, 0.2) is 36.4 Å². The minimum Gasteiger partial charge on any atom is -0.496 e. The fraction of sp³-hybridized carbons (Fsp3) is 0.167. The Morgan fingerprint density at radius 3 is 2.35 bits per heavy atom. The number of halogens is 2. The van der Waals surface area contributed by atoms with Gasteiger partial charge in [-0.3, -0.25) is 0 Å². The molecule has 3 nitrogen and oxygen atoms in total. The van der Waals surface area contributed by atoms with Crippen LogP contribution in [0.2, 0.25) is 10.0 Å². The molecule has 0 radical (unpaired) electrons. The van der Waals surface area contributed by atoms with Crippen molar-refractivity contribution in [3.63, 3.8) is 0 Å². The van der Waals surface area contributed by atoms with Gasteiger partial charge in [-0.2, -0.15) is 0 Å². The van der Waals surface area contributed by atoms with E-state index in [0.717, 1.165) is 27.9 Å². The van der Waals surface area contributed by atoms with Crippen molar-refractivity contribution < 1.29 is 9.47 Å². The van der Waals surface area contributed by atoms with Gasteiger partial charge >= 0.3 is 0 Å². The zero-order valence-electron chi connectivity index (χ0n) is 13.0. The van der Waals surface area contributed by atoms with Gasteiger partial charge in [-0.15, -0.1) is 0 Å². The Morgan fingerprint density at radius 2 is 1.65 bits per heavy atom. The van der Waals surface area contributed by atoms with Crippen LogP contribution < -0.4 is 9.47 Å². The Kier molecular flexibility index (Phi) is 4.33. The number of nitrogens with zero attached hydrogens (tertiary/aromatic N) is 1. The van der Waals surface area contributed by atoms with Crippen molar-refractivity contribution in [1.29, 1.82) is 0 Å². The maximum Gasteiger partial charge on any atom is 0.153 e. The number of methoxy groups -OCH3 is 1. The highest BCUT2D eigenvalue weighted by Crippen LogP contribution is 2.37. The highest BCUT2D eigenvalue weighted by atomic mass is 35.5. The molecule has 0 fully saturated rings. The number of hydrogen-bond donors (Lipinski definition) is 0. The Hall–Kier alpha value is -1.97. The number of benzene rings is 2. The Labute approximate surface area is 144 Å². The third kappa shape index (κ3) is 3.07. The maximum atomic E-state index is 6.05.